The van der Waals surface area contributed by atoms with Gasteiger partial charge in [-0.25, -0.2) is 0 Å². The zero-order valence-electron chi connectivity index (χ0n) is 11.1. The average molecular weight is 247 g/mol. The first-order valence-electron chi connectivity index (χ1n) is 6.42. The highest BCUT2D eigenvalue weighted by molar-refractivity contribution is 5.76. The van der Waals surface area contributed by atoms with Crippen LogP contribution in [0.3, 0.4) is 0 Å². The second-order valence-electron chi connectivity index (χ2n) is 4.83. The molecular weight excluding hydrogens is 226 g/mol. The van der Waals surface area contributed by atoms with Crippen LogP contribution in [0.4, 0.5) is 5.69 Å². The Kier molecular flexibility index (Phi) is 4.20. The van der Waals surface area contributed by atoms with Gasteiger partial charge in [-0.2, -0.15) is 0 Å². The Balaban J connectivity index is 2.06. The van der Waals surface area contributed by atoms with E-state index in [1.165, 1.54) is 11.3 Å². The van der Waals surface area contributed by atoms with Crippen LogP contribution in [-0.2, 0) is 11.3 Å². The van der Waals surface area contributed by atoms with E-state index in [1.54, 1.807) is 19.0 Å². The van der Waals surface area contributed by atoms with E-state index in [9.17, 15) is 4.79 Å². The summed E-state index contributed by atoms with van der Waals surface area (Å²) in [4.78, 5) is 15.6. The lowest BCUT2D eigenvalue weighted by atomic mass is 10.1. The molecule has 0 atom stereocenters. The predicted molar refractivity (Wildman–Crippen MR) is 73.7 cm³/mol. The minimum Gasteiger partial charge on any atom is -0.369 e. The van der Waals surface area contributed by atoms with Gasteiger partial charge in [-0.1, -0.05) is 18.2 Å². The van der Waals surface area contributed by atoms with Gasteiger partial charge in [0.05, 0.1) is 0 Å². The van der Waals surface area contributed by atoms with Crippen LogP contribution < -0.4 is 10.2 Å². The molecule has 0 unspecified atom stereocenters. The minimum absolute atomic E-state index is 0.185. The van der Waals surface area contributed by atoms with Crippen LogP contribution in [0.25, 0.3) is 0 Å². The molecule has 4 heteroatoms. The van der Waals surface area contributed by atoms with Crippen molar-refractivity contribution < 1.29 is 4.79 Å². The molecule has 1 aromatic carbocycles. The second kappa shape index (κ2) is 5.87. The molecule has 1 aromatic rings. The summed E-state index contributed by atoms with van der Waals surface area (Å²) in [5.74, 6) is 0.185. The van der Waals surface area contributed by atoms with Gasteiger partial charge >= 0.3 is 0 Å². The van der Waals surface area contributed by atoms with E-state index in [-0.39, 0.29) is 5.91 Å². The van der Waals surface area contributed by atoms with Crippen LogP contribution in [-0.4, -0.2) is 44.5 Å². The molecule has 0 aliphatic carbocycles. The van der Waals surface area contributed by atoms with Crippen molar-refractivity contribution in [3.63, 3.8) is 0 Å². The number of benzene rings is 1. The molecule has 0 fully saturated rings. The first kappa shape index (κ1) is 12.9. The number of fused-ring (bicyclic) bond motifs is 1. The van der Waals surface area contributed by atoms with Crippen molar-refractivity contribution in [3.8, 4) is 0 Å². The first-order chi connectivity index (χ1) is 8.68. The van der Waals surface area contributed by atoms with Crippen molar-refractivity contribution >= 4 is 11.6 Å². The van der Waals surface area contributed by atoms with E-state index >= 15 is 0 Å². The van der Waals surface area contributed by atoms with Crippen molar-refractivity contribution in [2.24, 2.45) is 0 Å². The maximum atomic E-state index is 11.7. The summed E-state index contributed by atoms with van der Waals surface area (Å²) in [5.41, 5.74) is 2.57. The van der Waals surface area contributed by atoms with Crippen LogP contribution in [0, 0.1) is 0 Å². The summed E-state index contributed by atoms with van der Waals surface area (Å²) >= 11 is 0. The fourth-order valence-corrected chi connectivity index (χ4v) is 2.21. The van der Waals surface area contributed by atoms with Gasteiger partial charge in [0.1, 0.15) is 0 Å². The quantitative estimate of drug-likeness (QED) is 0.868. The fourth-order valence-electron chi connectivity index (χ4n) is 2.21. The summed E-state index contributed by atoms with van der Waals surface area (Å²) in [7, 11) is 3.61. The molecule has 1 amide bonds. The number of rotatable bonds is 3. The van der Waals surface area contributed by atoms with Crippen LogP contribution >= 0.6 is 0 Å². The Morgan fingerprint density at radius 1 is 1.39 bits per heavy atom. The maximum Gasteiger partial charge on any atom is 0.223 e. The molecule has 1 aliphatic heterocycles. The van der Waals surface area contributed by atoms with E-state index in [2.05, 4.69) is 34.5 Å². The third kappa shape index (κ3) is 3.01. The Labute approximate surface area is 109 Å². The number of hydrogen-bond acceptors (Lipinski definition) is 3. The van der Waals surface area contributed by atoms with Crippen LogP contribution in [0.5, 0.6) is 0 Å². The molecule has 1 N–H and O–H groups in total. The lowest BCUT2D eigenvalue weighted by Crippen LogP contribution is -2.33. The van der Waals surface area contributed by atoms with Crippen LogP contribution in [0.2, 0.25) is 0 Å². The van der Waals surface area contributed by atoms with Gasteiger partial charge in [-0.15, -0.1) is 0 Å². The molecule has 0 saturated heterocycles. The van der Waals surface area contributed by atoms with Crippen molar-refractivity contribution in [2.75, 3.05) is 38.6 Å². The number of carbonyl (C=O) groups is 1. The molecule has 1 aliphatic rings. The van der Waals surface area contributed by atoms with Gasteiger partial charge in [0.25, 0.3) is 0 Å². The lowest BCUT2D eigenvalue weighted by Gasteiger charge is -2.24. The molecule has 98 valence electrons. The van der Waals surface area contributed by atoms with Crippen molar-refractivity contribution in [3.05, 3.63) is 29.8 Å². The number of para-hydroxylation sites is 1. The summed E-state index contributed by atoms with van der Waals surface area (Å²) in [5, 5.41) is 3.41. The molecule has 0 aromatic heterocycles. The molecule has 0 bridgehead atoms. The molecule has 18 heavy (non-hydrogen) atoms. The van der Waals surface area contributed by atoms with Gasteiger partial charge in [-0.05, 0) is 11.6 Å². The number of anilines is 1. The van der Waals surface area contributed by atoms with E-state index < -0.39 is 0 Å². The zero-order chi connectivity index (χ0) is 13.0. The maximum absolute atomic E-state index is 11.7. The molecule has 0 saturated carbocycles. The summed E-state index contributed by atoms with van der Waals surface area (Å²) in [6.45, 7) is 3.62. The van der Waals surface area contributed by atoms with Gasteiger partial charge in [0.2, 0.25) is 5.91 Å². The van der Waals surface area contributed by atoms with Gasteiger partial charge in [0, 0.05) is 52.4 Å². The summed E-state index contributed by atoms with van der Waals surface area (Å²) in [6, 6.07) is 8.41. The highest BCUT2D eigenvalue weighted by atomic mass is 16.2. The zero-order valence-corrected chi connectivity index (χ0v) is 11.1. The number of nitrogens with one attached hydrogen (secondary N) is 1. The molecule has 1 heterocycles. The summed E-state index contributed by atoms with van der Waals surface area (Å²) in [6.07, 6.45) is 0.571. The fraction of sp³-hybridized carbons (Fsp3) is 0.500. The topological polar surface area (TPSA) is 35.6 Å². The SMILES string of the molecule is CN(C)C(=O)CCN1CCNCc2ccccc21. The Hall–Kier alpha value is -1.55. The summed E-state index contributed by atoms with van der Waals surface area (Å²) < 4.78 is 0. The number of amides is 1. The highest BCUT2D eigenvalue weighted by Gasteiger charge is 2.15. The van der Waals surface area contributed by atoms with Gasteiger partial charge in [0.15, 0.2) is 0 Å². The van der Waals surface area contributed by atoms with E-state index in [0.29, 0.717) is 6.42 Å². The standard InChI is InChI=1S/C14H21N3O/c1-16(2)14(18)7-9-17-10-8-15-11-12-5-3-4-6-13(12)17/h3-6,15H,7-11H2,1-2H3. The monoisotopic (exact) mass is 247 g/mol. The van der Waals surface area contributed by atoms with Crippen molar-refractivity contribution in [2.45, 2.75) is 13.0 Å². The highest BCUT2D eigenvalue weighted by Crippen LogP contribution is 2.22. The third-order valence-electron chi connectivity index (χ3n) is 3.30. The molecule has 2 rings (SSSR count). The average Bonchev–Trinajstić information content (AvgIpc) is 2.58. The number of hydrogen-bond donors (Lipinski definition) is 1. The van der Waals surface area contributed by atoms with Crippen molar-refractivity contribution in [1.82, 2.24) is 10.2 Å². The van der Waals surface area contributed by atoms with Gasteiger partial charge < -0.3 is 15.1 Å². The first-order valence-corrected chi connectivity index (χ1v) is 6.42. The number of carbonyl (C=O) groups excluding carboxylic acids is 1. The normalized spacial score (nSPS) is 14.9. The smallest absolute Gasteiger partial charge is 0.223 e. The Morgan fingerprint density at radius 3 is 2.94 bits per heavy atom. The van der Waals surface area contributed by atoms with Crippen LogP contribution in [0.15, 0.2) is 24.3 Å². The Bertz CT molecular complexity index is 417. The number of nitrogens with zero attached hydrogens (tertiary/aromatic N) is 2. The van der Waals surface area contributed by atoms with Gasteiger partial charge in [-0.3, -0.25) is 4.79 Å². The van der Waals surface area contributed by atoms with E-state index in [0.717, 1.165) is 26.2 Å². The lowest BCUT2D eigenvalue weighted by molar-refractivity contribution is -0.128. The molecule has 0 radical (unpaired) electrons. The van der Waals surface area contributed by atoms with Crippen molar-refractivity contribution in [1.29, 1.82) is 0 Å². The Morgan fingerprint density at radius 2 is 2.17 bits per heavy atom. The van der Waals surface area contributed by atoms with E-state index in [1.807, 2.05) is 0 Å². The molecular formula is C14H21N3O. The minimum atomic E-state index is 0.185. The largest absolute Gasteiger partial charge is 0.369 e. The molecule has 0 spiro atoms. The second-order valence-corrected chi connectivity index (χ2v) is 4.83. The molecule has 4 nitrogen and oxygen atoms in total. The third-order valence-corrected chi connectivity index (χ3v) is 3.30. The predicted octanol–water partition coefficient (Wildman–Crippen LogP) is 1.07. The van der Waals surface area contributed by atoms with E-state index in [4.69, 9.17) is 0 Å². The van der Waals surface area contributed by atoms with Crippen LogP contribution in [0.1, 0.15) is 12.0 Å².